The Balaban J connectivity index is 1.51. The predicted octanol–water partition coefficient (Wildman–Crippen LogP) is 4.97. The number of nitrogens with zero attached hydrogens (tertiary/aromatic N) is 5. The van der Waals surface area contributed by atoms with Crippen molar-refractivity contribution in [1.29, 1.82) is 0 Å². The molecule has 1 amide bonds. The zero-order valence-electron chi connectivity index (χ0n) is 19.4. The molecule has 1 fully saturated rings. The minimum absolute atomic E-state index is 0.0309. The Morgan fingerprint density at radius 2 is 1.82 bits per heavy atom. The highest BCUT2D eigenvalue weighted by Gasteiger charge is 2.31. The van der Waals surface area contributed by atoms with Crippen molar-refractivity contribution >= 4 is 34.4 Å². The van der Waals surface area contributed by atoms with Gasteiger partial charge in [0, 0.05) is 43.1 Å². The van der Waals surface area contributed by atoms with Gasteiger partial charge in [-0.1, -0.05) is 0 Å². The Bertz CT molecular complexity index is 1540. The normalized spacial score (nSPS) is 15.4. The number of alkyl halides is 1. The van der Waals surface area contributed by atoms with Crippen LogP contribution in [-0.4, -0.2) is 49.5 Å². The number of anilines is 1. The van der Waals surface area contributed by atoms with E-state index in [9.17, 15) is 22.4 Å². The van der Waals surface area contributed by atoms with Crippen LogP contribution in [0.2, 0.25) is 0 Å². The van der Waals surface area contributed by atoms with Crippen LogP contribution in [0.4, 0.5) is 27.8 Å². The van der Waals surface area contributed by atoms with Crippen molar-refractivity contribution in [3.8, 4) is 22.8 Å². The molecule has 8 nitrogen and oxygen atoms in total. The number of halogens is 6. The van der Waals surface area contributed by atoms with Gasteiger partial charge in [0.25, 0.3) is 0 Å². The zero-order chi connectivity index (χ0) is 27.1. The number of nitrogen functional groups attached to an aromatic ring is 1. The molecule has 1 atom stereocenters. The molecule has 4 aromatic rings. The largest absolute Gasteiger partial charge is 0.451 e. The first-order chi connectivity index (χ1) is 18.2. The maximum atomic E-state index is 15.3. The van der Waals surface area contributed by atoms with Crippen LogP contribution in [0.3, 0.4) is 0 Å². The molecule has 1 unspecified atom stereocenters. The molecule has 0 spiro atoms. The van der Waals surface area contributed by atoms with E-state index in [0.29, 0.717) is 25.2 Å². The van der Waals surface area contributed by atoms with Crippen LogP contribution in [0.1, 0.15) is 18.9 Å². The van der Waals surface area contributed by atoms with Gasteiger partial charge in [0.15, 0.2) is 17.3 Å². The minimum atomic E-state index is -1.77. The summed E-state index contributed by atoms with van der Waals surface area (Å²) in [6, 6.07) is 2.89. The van der Waals surface area contributed by atoms with Crippen LogP contribution in [0.25, 0.3) is 22.3 Å². The quantitative estimate of drug-likeness (QED) is 0.206. The fourth-order valence-corrected chi connectivity index (χ4v) is 4.52. The molecule has 2 aromatic heterocycles. The van der Waals surface area contributed by atoms with Crippen LogP contribution in [0.15, 0.2) is 30.6 Å². The standard InChI is InChI=1S/C24H18ClF5N6O2/c25-5-3-17(37)35-6-4-11(9-35)36-24-18(23(31)32-10-33-24)21(34-36)13-2-1-12(7-14(13)26)38-22-19(29)15(27)8-16(28)20(22)30/h1-2,7-8,10-11H,3-6,9H2,(H2,31,32,33). The number of fused-ring (bicyclic) bond motifs is 1. The number of nitrogens with two attached hydrogens (primary N) is 1. The monoisotopic (exact) mass is 552 g/mol. The number of hydrogen-bond acceptors (Lipinski definition) is 6. The lowest BCUT2D eigenvalue weighted by Crippen LogP contribution is -2.29. The Labute approximate surface area is 216 Å². The number of carbonyl (C=O) groups is 1. The number of benzene rings is 2. The average molecular weight is 553 g/mol. The minimum Gasteiger partial charge on any atom is -0.451 e. The average Bonchev–Trinajstić information content (AvgIpc) is 3.52. The van der Waals surface area contributed by atoms with Crippen molar-refractivity contribution < 1.29 is 31.5 Å². The van der Waals surface area contributed by atoms with E-state index >= 15 is 4.39 Å². The molecule has 1 aliphatic heterocycles. The van der Waals surface area contributed by atoms with Gasteiger partial charge in [0.05, 0.1) is 11.4 Å². The van der Waals surface area contributed by atoms with Crippen LogP contribution in [0, 0.1) is 29.1 Å². The van der Waals surface area contributed by atoms with Crippen LogP contribution in [0.5, 0.6) is 11.5 Å². The van der Waals surface area contributed by atoms with Crippen molar-refractivity contribution in [2.75, 3.05) is 24.7 Å². The summed E-state index contributed by atoms with van der Waals surface area (Å²) in [7, 11) is 0. The van der Waals surface area contributed by atoms with E-state index in [-0.39, 0.29) is 52.8 Å². The number of amides is 1. The van der Waals surface area contributed by atoms with Crippen LogP contribution >= 0.6 is 11.6 Å². The highest BCUT2D eigenvalue weighted by Crippen LogP contribution is 2.37. The number of hydrogen-bond donors (Lipinski definition) is 1. The predicted molar refractivity (Wildman–Crippen MR) is 127 cm³/mol. The van der Waals surface area contributed by atoms with E-state index in [1.165, 1.54) is 12.4 Å². The van der Waals surface area contributed by atoms with Crippen LogP contribution in [-0.2, 0) is 4.79 Å². The zero-order valence-corrected chi connectivity index (χ0v) is 20.2. The second-order valence-corrected chi connectivity index (χ2v) is 8.89. The molecule has 0 aliphatic carbocycles. The van der Waals surface area contributed by atoms with E-state index in [0.717, 1.165) is 12.1 Å². The lowest BCUT2D eigenvalue weighted by molar-refractivity contribution is -0.129. The summed E-state index contributed by atoms with van der Waals surface area (Å²) in [6.45, 7) is 0.818. The molecule has 3 heterocycles. The van der Waals surface area contributed by atoms with Gasteiger partial charge in [-0.25, -0.2) is 27.8 Å². The molecule has 0 saturated carbocycles. The van der Waals surface area contributed by atoms with Crippen molar-refractivity contribution in [2.45, 2.75) is 18.9 Å². The van der Waals surface area contributed by atoms with Gasteiger partial charge in [-0.05, 0) is 18.6 Å². The van der Waals surface area contributed by atoms with Crippen molar-refractivity contribution in [3.63, 3.8) is 0 Å². The molecule has 1 aliphatic rings. The second kappa shape index (κ2) is 10.0. The Morgan fingerprint density at radius 1 is 1.08 bits per heavy atom. The van der Waals surface area contributed by atoms with E-state index in [2.05, 4.69) is 15.1 Å². The summed E-state index contributed by atoms with van der Waals surface area (Å²) in [6.07, 6.45) is 1.99. The summed E-state index contributed by atoms with van der Waals surface area (Å²) < 4.78 is 76.8. The molecule has 5 rings (SSSR count). The van der Waals surface area contributed by atoms with E-state index in [1.54, 1.807) is 9.58 Å². The van der Waals surface area contributed by atoms with Gasteiger partial charge in [-0.15, -0.1) is 11.6 Å². The summed E-state index contributed by atoms with van der Waals surface area (Å²) >= 11 is 5.68. The van der Waals surface area contributed by atoms with Gasteiger partial charge < -0.3 is 15.4 Å². The van der Waals surface area contributed by atoms with Crippen molar-refractivity contribution in [1.82, 2.24) is 24.6 Å². The molecule has 2 aromatic carbocycles. The van der Waals surface area contributed by atoms with E-state index < -0.39 is 40.6 Å². The number of carbonyl (C=O) groups excluding carboxylic acids is 1. The van der Waals surface area contributed by atoms with E-state index in [4.69, 9.17) is 22.1 Å². The van der Waals surface area contributed by atoms with Gasteiger partial charge >= 0.3 is 0 Å². The van der Waals surface area contributed by atoms with Crippen molar-refractivity contribution in [2.24, 2.45) is 0 Å². The number of aromatic nitrogens is 4. The molecule has 0 bridgehead atoms. The van der Waals surface area contributed by atoms with Gasteiger partial charge in [0.1, 0.15) is 29.4 Å². The first-order valence-electron chi connectivity index (χ1n) is 11.3. The molecule has 2 N–H and O–H groups in total. The smallest absolute Gasteiger partial charge is 0.223 e. The fourth-order valence-electron chi connectivity index (χ4n) is 4.36. The van der Waals surface area contributed by atoms with Gasteiger partial charge in [-0.3, -0.25) is 4.79 Å². The molecule has 14 heteroatoms. The molecule has 198 valence electrons. The van der Waals surface area contributed by atoms with Gasteiger partial charge in [0.2, 0.25) is 23.3 Å². The fraction of sp³-hybridized carbons (Fsp3) is 0.250. The lowest BCUT2D eigenvalue weighted by atomic mass is 10.1. The van der Waals surface area contributed by atoms with Crippen molar-refractivity contribution in [3.05, 3.63) is 59.7 Å². The maximum Gasteiger partial charge on any atom is 0.223 e. The molecular weight excluding hydrogens is 535 g/mol. The SMILES string of the molecule is Nc1ncnc2c1c(-c1ccc(Oc3c(F)c(F)cc(F)c3F)cc1F)nn2C1CCN(C(=O)CCCl)C1. The van der Waals surface area contributed by atoms with Crippen LogP contribution < -0.4 is 10.5 Å². The first kappa shape index (κ1) is 25.6. The highest BCUT2D eigenvalue weighted by molar-refractivity contribution is 6.18. The summed E-state index contributed by atoms with van der Waals surface area (Å²) in [5.41, 5.74) is 6.42. The van der Waals surface area contributed by atoms with Gasteiger partial charge in [-0.2, -0.15) is 13.9 Å². The first-order valence-corrected chi connectivity index (χ1v) is 11.9. The highest BCUT2D eigenvalue weighted by atomic mass is 35.5. The molecule has 38 heavy (non-hydrogen) atoms. The Hall–Kier alpha value is -4.00. The number of rotatable bonds is 6. The number of likely N-dealkylation sites (tertiary alicyclic amines) is 1. The third-order valence-corrected chi connectivity index (χ3v) is 6.36. The lowest BCUT2D eigenvalue weighted by Gasteiger charge is -2.16. The second-order valence-electron chi connectivity index (χ2n) is 8.51. The summed E-state index contributed by atoms with van der Waals surface area (Å²) in [5, 5.41) is 4.80. The molecule has 1 saturated heterocycles. The summed E-state index contributed by atoms with van der Waals surface area (Å²) in [5.74, 6) is -9.44. The Kier molecular flexibility index (Phi) is 6.78. The third kappa shape index (κ3) is 4.46. The van der Waals surface area contributed by atoms with E-state index in [1.807, 2.05) is 0 Å². The summed E-state index contributed by atoms with van der Waals surface area (Å²) in [4.78, 5) is 22.2. The molecule has 0 radical (unpaired) electrons. The topological polar surface area (TPSA) is 99.2 Å². The number of ether oxygens (including phenoxy) is 1. The Morgan fingerprint density at radius 3 is 2.50 bits per heavy atom. The maximum absolute atomic E-state index is 15.3. The molecular formula is C24H18ClF5N6O2. The third-order valence-electron chi connectivity index (χ3n) is 6.18.